The lowest BCUT2D eigenvalue weighted by molar-refractivity contribution is -0.136. The molecule has 0 aliphatic carbocycles. The summed E-state index contributed by atoms with van der Waals surface area (Å²) in [6.45, 7) is 6.66. The molecule has 0 bridgehead atoms. The number of hydrogen-bond acceptors (Lipinski definition) is 6. The van der Waals surface area contributed by atoms with E-state index in [0.717, 1.165) is 49.5 Å². The molecule has 8 nitrogen and oxygen atoms in total. The van der Waals surface area contributed by atoms with E-state index in [4.69, 9.17) is 0 Å². The first-order valence-electron chi connectivity index (χ1n) is 10.8. The van der Waals surface area contributed by atoms with E-state index >= 15 is 0 Å². The second-order valence-electron chi connectivity index (χ2n) is 8.31. The van der Waals surface area contributed by atoms with Gasteiger partial charge in [0.05, 0.1) is 11.1 Å². The van der Waals surface area contributed by atoms with Gasteiger partial charge in [-0.05, 0) is 63.0 Å². The van der Waals surface area contributed by atoms with Crippen LogP contribution >= 0.6 is 0 Å². The van der Waals surface area contributed by atoms with E-state index in [9.17, 15) is 19.2 Å². The summed E-state index contributed by atoms with van der Waals surface area (Å²) in [4.78, 5) is 53.2. The molecule has 1 aromatic rings. The van der Waals surface area contributed by atoms with Gasteiger partial charge in [-0.2, -0.15) is 0 Å². The summed E-state index contributed by atoms with van der Waals surface area (Å²) in [7, 11) is 0. The topological polar surface area (TPSA) is 98.8 Å². The van der Waals surface area contributed by atoms with E-state index in [1.165, 1.54) is 0 Å². The number of nitrogens with one attached hydrogen (secondary N) is 2. The smallest absolute Gasteiger partial charge is 0.262 e. The van der Waals surface area contributed by atoms with Crippen LogP contribution in [0.5, 0.6) is 0 Å². The molecule has 2 fully saturated rings. The zero-order valence-electron chi connectivity index (χ0n) is 17.3. The molecule has 3 aliphatic heterocycles. The maximum atomic E-state index is 13.2. The molecule has 4 amide bonds. The Labute approximate surface area is 176 Å². The Morgan fingerprint density at radius 3 is 2.53 bits per heavy atom. The molecule has 2 N–H and O–H groups in total. The largest absolute Gasteiger partial charge is 0.317 e. The Bertz CT molecular complexity index is 876. The van der Waals surface area contributed by atoms with Crippen LogP contribution in [-0.2, 0) is 16.1 Å². The highest BCUT2D eigenvalue weighted by Gasteiger charge is 2.45. The highest BCUT2D eigenvalue weighted by Crippen LogP contribution is 2.31. The number of rotatable bonds is 6. The maximum Gasteiger partial charge on any atom is 0.262 e. The van der Waals surface area contributed by atoms with Gasteiger partial charge in [-0.1, -0.05) is 19.1 Å². The summed E-state index contributed by atoms with van der Waals surface area (Å²) in [6.07, 6.45) is 2.51. The summed E-state index contributed by atoms with van der Waals surface area (Å²) in [6, 6.07) is 4.41. The monoisotopic (exact) mass is 412 g/mol. The van der Waals surface area contributed by atoms with E-state index in [1.54, 1.807) is 12.1 Å². The first-order chi connectivity index (χ1) is 14.5. The molecular weight excluding hydrogens is 384 g/mol. The van der Waals surface area contributed by atoms with Gasteiger partial charge in [-0.25, -0.2) is 0 Å². The lowest BCUT2D eigenvalue weighted by Crippen LogP contribution is -2.54. The van der Waals surface area contributed by atoms with Crippen molar-refractivity contribution in [3.05, 3.63) is 34.9 Å². The van der Waals surface area contributed by atoms with Crippen LogP contribution in [0.1, 0.15) is 58.9 Å². The van der Waals surface area contributed by atoms with Crippen molar-refractivity contribution in [1.82, 2.24) is 20.4 Å². The molecule has 0 aromatic heterocycles. The molecule has 0 spiro atoms. The van der Waals surface area contributed by atoms with Crippen LogP contribution in [0.25, 0.3) is 0 Å². The average molecular weight is 412 g/mol. The minimum atomic E-state index is -0.926. The maximum absolute atomic E-state index is 13.2. The van der Waals surface area contributed by atoms with Gasteiger partial charge >= 0.3 is 0 Å². The Hall–Kier alpha value is -2.58. The van der Waals surface area contributed by atoms with Crippen LogP contribution in [0.2, 0.25) is 0 Å². The minimum absolute atomic E-state index is 0.124. The summed E-state index contributed by atoms with van der Waals surface area (Å²) >= 11 is 0. The highest BCUT2D eigenvalue weighted by atomic mass is 16.2. The number of fused-ring (bicyclic) bond motifs is 1. The number of nitrogens with zero attached hydrogens (tertiary/aromatic N) is 2. The van der Waals surface area contributed by atoms with Crippen molar-refractivity contribution < 1.29 is 19.2 Å². The van der Waals surface area contributed by atoms with Crippen molar-refractivity contribution in [3.8, 4) is 0 Å². The van der Waals surface area contributed by atoms with E-state index < -0.39 is 23.8 Å². The minimum Gasteiger partial charge on any atom is -0.317 e. The van der Waals surface area contributed by atoms with Gasteiger partial charge in [0.2, 0.25) is 11.8 Å². The molecule has 1 unspecified atom stereocenters. The third-order valence-corrected chi connectivity index (χ3v) is 6.34. The van der Waals surface area contributed by atoms with E-state index in [2.05, 4.69) is 22.5 Å². The number of carbonyl (C=O) groups excluding carboxylic acids is 4. The van der Waals surface area contributed by atoms with Gasteiger partial charge < -0.3 is 5.32 Å². The van der Waals surface area contributed by atoms with Crippen LogP contribution in [0.4, 0.5) is 0 Å². The molecule has 1 atom stereocenters. The SMILES string of the molecule is CCNCC1CCN(Cc2cccc3c2C(=O)N(C2CCC(=O)NC2=O)C3=O)CC1. The number of carbonyl (C=O) groups is 4. The Balaban J connectivity index is 1.48. The molecule has 160 valence electrons. The predicted octanol–water partition coefficient (Wildman–Crippen LogP) is 0.909. The molecule has 0 saturated carbocycles. The number of amides is 4. The van der Waals surface area contributed by atoms with Crippen molar-refractivity contribution >= 4 is 23.6 Å². The van der Waals surface area contributed by atoms with E-state index in [0.29, 0.717) is 23.6 Å². The van der Waals surface area contributed by atoms with Crippen molar-refractivity contribution in [2.45, 2.75) is 45.2 Å². The molecular formula is C22H28N4O4. The average Bonchev–Trinajstić information content (AvgIpc) is 2.99. The number of imide groups is 2. The standard InChI is InChI=1S/C22H28N4O4/c1-2-23-12-14-8-10-25(11-9-14)13-15-4-3-5-16-19(15)22(30)26(21(16)29)17-6-7-18(27)24-20(17)28/h3-5,14,17,23H,2,6-13H2,1H3,(H,24,27,28). The van der Waals surface area contributed by atoms with E-state index in [1.807, 2.05) is 6.07 Å². The van der Waals surface area contributed by atoms with Gasteiger partial charge in [0.1, 0.15) is 6.04 Å². The second-order valence-corrected chi connectivity index (χ2v) is 8.31. The van der Waals surface area contributed by atoms with Crippen LogP contribution in [-0.4, -0.2) is 65.6 Å². The molecule has 3 heterocycles. The fourth-order valence-corrected chi connectivity index (χ4v) is 4.65. The fraction of sp³-hybridized carbons (Fsp3) is 0.545. The quantitative estimate of drug-likeness (QED) is 0.674. The molecule has 30 heavy (non-hydrogen) atoms. The van der Waals surface area contributed by atoms with Crippen LogP contribution in [0, 0.1) is 5.92 Å². The Morgan fingerprint density at radius 2 is 1.83 bits per heavy atom. The van der Waals surface area contributed by atoms with Gasteiger partial charge in [-0.15, -0.1) is 0 Å². The zero-order chi connectivity index (χ0) is 21.3. The van der Waals surface area contributed by atoms with Gasteiger partial charge in [0.15, 0.2) is 0 Å². The first-order valence-corrected chi connectivity index (χ1v) is 10.8. The molecule has 8 heteroatoms. The Morgan fingerprint density at radius 1 is 1.07 bits per heavy atom. The van der Waals surface area contributed by atoms with Crippen LogP contribution < -0.4 is 10.6 Å². The molecule has 4 rings (SSSR count). The van der Waals surface area contributed by atoms with Crippen molar-refractivity contribution in [2.75, 3.05) is 26.2 Å². The molecule has 2 saturated heterocycles. The predicted molar refractivity (Wildman–Crippen MR) is 110 cm³/mol. The molecule has 0 radical (unpaired) electrons. The third kappa shape index (κ3) is 3.89. The van der Waals surface area contributed by atoms with E-state index in [-0.39, 0.29) is 18.7 Å². The molecule has 1 aromatic carbocycles. The zero-order valence-corrected chi connectivity index (χ0v) is 17.3. The molecule has 3 aliphatic rings. The normalized spacial score (nSPS) is 23.1. The number of piperidine rings is 2. The number of likely N-dealkylation sites (tertiary alicyclic amines) is 1. The highest BCUT2D eigenvalue weighted by molar-refractivity contribution is 6.24. The lowest BCUT2D eigenvalue weighted by Gasteiger charge is -2.32. The number of hydrogen-bond donors (Lipinski definition) is 2. The van der Waals surface area contributed by atoms with Gasteiger partial charge in [0.25, 0.3) is 11.8 Å². The van der Waals surface area contributed by atoms with Crippen LogP contribution in [0.3, 0.4) is 0 Å². The van der Waals surface area contributed by atoms with Crippen molar-refractivity contribution in [2.24, 2.45) is 5.92 Å². The number of benzene rings is 1. The summed E-state index contributed by atoms with van der Waals surface area (Å²) in [5.41, 5.74) is 1.58. The summed E-state index contributed by atoms with van der Waals surface area (Å²) in [5.74, 6) is -1.15. The van der Waals surface area contributed by atoms with Crippen molar-refractivity contribution in [1.29, 1.82) is 0 Å². The Kier molecular flexibility index (Phi) is 5.97. The lowest BCUT2D eigenvalue weighted by atomic mass is 9.95. The van der Waals surface area contributed by atoms with Gasteiger partial charge in [-0.3, -0.25) is 34.3 Å². The third-order valence-electron chi connectivity index (χ3n) is 6.34. The summed E-state index contributed by atoms with van der Waals surface area (Å²) < 4.78 is 0. The van der Waals surface area contributed by atoms with Crippen molar-refractivity contribution in [3.63, 3.8) is 0 Å². The first kappa shape index (κ1) is 20.7. The van der Waals surface area contributed by atoms with Gasteiger partial charge in [0, 0.05) is 13.0 Å². The fourth-order valence-electron chi connectivity index (χ4n) is 4.65. The second kappa shape index (κ2) is 8.65. The summed E-state index contributed by atoms with van der Waals surface area (Å²) in [5, 5.41) is 5.65. The van der Waals surface area contributed by atoms with Crippen LogP contribution in [0.15, 0.2) is 18.2 Å².